The van der Waals surface area contributed by atoms with E-state index in [0.29, 0.717) is 0 Å². The van der Waals surface area contributed by atoms with Gasteiger partial charge in [0, 0.05) is 24.8 Å². The Morgan fingerprint density at radius 3 is 2.75 bits per heavy atom. The molecule has 0 saturated carbocycles. The van der Waals surface area contributed by atoms with Crippen LogP contribution in [0, 0.1) is 6.92 Å². The number of nitrogens with zero attached hydrogens (tertiary/aromatic N) is 3. The zero-order valence-electron chi connectivity index (χ0n) is 12.3. The molecule has 0 N–H and O–H groups in total. The van der Waals surface area contributed by atoms with Crippen molar-refractivity contribution in [2.24, 2.45) is 0 Å². The second-order valence-electron chi connectivity index (χ2n) is 5.56. The number of fused-ring (bicyclic) bond motifs is 1. The third-order valence-corrected chi connectivity index (χ3v) is 3.87. The Labute approximate surface area is 120 Å². The molecule has 0 atom stereocenters. The molecule has 0 bridgehead atoms. The number of aromatic nitrogens is 2. The lowest BCUT2D eigenvalue weighted by molar-refractivity contribution is 0.250. The van der Waals surface area contributed by atoms with E-state index < -0.39 is 0 Å². The fourth-order valence-corrected chi connectivity index (χ4v) is 2.71. The van der Waals surface area contributed by atoms with Crippen molar-refractivity contribution >= 4 is 0 Å². The van der Waals surface area contributed by atoms with Crippen LogP contribution >= 0.6 is 0 Å². The molecule has 3 nitrogen and oxygen atoms in total. The Bertz CT molecular complexity index is 590. The molecule has 104 valence electrons. The molecule has 2 heterocycles. The van der Waals surface area contributed by atoms with Crippen molar-refractivity contribution in [3.8, 4) is 11.4 Å². The van der Waals surface area contributed by atoms with Gasteiger partial charge in [0.05, 0.1) is 5.69 Å². The minimum absolute atomic E-state index is 0.849. The first-order valence-corrected chi connectivity index (χ1v) is 7.40. The fourth-order valence-electron chi connectivity index (χ4n) is 2.71. The van der Waals surface area contributed by atoms with E-state index in [2.05, 4.69) is 48.0 Å². The van der Waals surface area contributed by atoms with Crippen LogP contribution in [-0.2, 0) is 13.0 Å². The van der Waals surface area contributed by atoms with Gasteiger partial charge in [-0.2, -0.15) is 0 Å². The summed E-state index contributed by atoms with van der Waals surface area (Å²) in [7, 11) is 0. The van der Waals surface area contributed by atoms with Crippen LogP contribution in [0.15, 0.2) is 30.5 Å². The van der Waals surface area contributed by atoms with E-state index in [0.717, 1.165) is 37.4 Å². The number of hydrogen-bond donors (Lipinski definition) is 0. The second kappa shape index (κ2) is 5.71. The van der Waals surface area contributed by atoms with Crippen molar-refractivity contribution < 1.29 is 0 Å². The van der Waals surface area contributed by atoms with Crippen molar-refractivity contribution in [1.29, 1.82) is 0 Å². The Morgan fingerprint density at radius 2 is 2.00 bits per heavy atom. The zero-order valence-corrected chi connectivity index (χ0v) is 12.3. The van der Waals surface area contributed by atoms with Crippen LogP contribution in [0.2, 0.25) is 0 Å². The van der Waals surface area contributed by atoms with Gasteiger partial charge in [-0.1, -0.05) is 36.8 Å². The predicted octanol–water partition coefficient (Wildman–Crippen LogP) is 3.22. The minimum Gasteiger partial charge on any atom is -0.297 e. The summed E-state index contributed by atoms with van der Waals surface area (Å²) >= 11 is 0. The maximum atomic E-state index is 4.79. The van der Waals surface area contributed by atoms with E-state index in [1.54, 1.807) is 0 Å². The van der Waals surface area contributed by atoms with Crippen molar-refractivity contribution in [2.45, 2.75) is 33.2 Å². The highest BCUT2D eigenvalue weighted by Gasteiger charge is 2.17. The second-order valence-corrected chi connectivity index (χ2v) is 5.56. The van der Waals surface area contributed by atoms with E-state index in [9.17, 15) is 0 Å². The van der Waals surface area contributed by atoms with Gasteiger partial charge in [-0.25, -0.2) is 9.97 Å². The Kier molecular flexibility index (Phi) is 3.79. The molecule has 1 aliphatic heterocycles. The Morgan fingerprint density at radius 1 is 1.20 bits per heavy atom. The third-order valence-electron chi connectivity index (χ3n) is 3.87. The molecular weight excluding hydrogens is 246 g/mol. The summed E-state index contributed by atoms with van der Waals surface area (Å²) in [4.78, 5) is 11.8. The molecule has 1 aromatic heterocycles. The maximum absolute atomic E-state index is 4.79. The molecular formula is C17H21N3. The van der Waals surface area contributed by atoms with Crippen molar-refractivity contribution in [1.82, 2.24) is 14.9 Å². The molecule has 3 heteroatoms. The first-order valence-electron chi connectivity index (χ1n) is 7.40. The lowest BCUT2D eigenvalue weighted by atomic mass is 10.1. The van der Waals surface area contributed by atoms with Gasteiger partial charge in [-0.05, 0) is 31.9 Å². The molecule has 0 aliphatic carbocycles. The number of hydrogen-bond acceptors (Lipinski definition) is 3. The number of rotatable bonds is 3. The summed E-state index contributed by atoms with van der Waals surface area (Å²) < 4.78 is 0. The van der Waals surface area contributed by atoms with Gasteiger partial charge in [0.2, 0.25) is 0 Å². The highest BCUT2D eigenvalue weighted by molar-refractivity contribution is 5.55. The van der Waals surface area contributed by atoms with Crippen LogP contribution in [0.3, 0.4) is 0 Å². The average Bonchev–Trinajstić information content (AvgIpc) is 2.48. The molecule has 2 aromatic rings. The van der Waals surface area contributed by atoms with Crippen molar-refractivity contribution in [3.63, 3.8) is 0 Å². The first-order chi connectivity index (χ1) is 9.76. The summed E-state index contributed by atoms with van der Waals surface area (Å²) in [5.41, 5.74) is 4.88. The SMILES string of the molecule is CCCN1CCc2cnc(-c3ccc(C)cc3)nc2C1. The standard InChI is InChI=1S/C17H21N3/c1-3-9-20-10-8-15-11-18-17(19-16(15)12-20)14-6-4-13(2)5-7-14/h4-7,11H,3,8-10,12H2,1-2H3. The van der Waals surface area contributed by atoms with Crippen molar-refractivity contribution in [2.75, 3.05) is 13.1 Å². The van der Waals surface area contributed by atoms with Crippen LogP contribution in [0.25, 0.3) is 11.4 Å². The van der Waals surface area contributed by atoms with Gasteiger partial charge in [-0.15, -0.1) is 0 Å². The lowest BCUT2D eigenvalue weighted by Crippen LogP contribution is -2.32. The quantitative estimate of drug-likeness (QED) is 0.855. The minimum atomic E-state index is 0.849. The van der Waals surface area contributed by atoms with Gasteiger partial charge in [0.15, 0.2) is 5.82 Å². The van der Waals surface area contributed by atoms with Gasteiger partial charge in [0.1, 0.15) is 0 Å². The van der Waals surface area contributed by atoms with Gasteiger partial charge in [-0.3, -0.25) is 4.90 Å². The number of benzene rings is 1. The van der Waals surface area contributed by atoms with E-state index in [-0.39, 0.29) is 0 Å². The summed E-state index contributed by atoms with van der Waals surface area (Å²) in [5.74, 6) is 0.849. The summed E-state index contributed by atoms with van der Waals surface area (Å²) in [6, 6.07) is 8.43. The van der Waals surface area contributed by atoms with Crippen molar-refractivity contribution in [3.05, 3.63) is 47.3 Å². The number of aryl methyl sites for hydroxylation is 1. The summed E-state index contributed by atoms with van der Waals surface area (Å²) in [6.45, 7) is 7.58. The van der Waals surface area contributed by atoms with E-state index in [1.165, 1.54) is 23.2 Å². The molecule has 1 aromatic carbocycles. The normalized spacial score (nSPS) is 15.1. The monoisotopic (exact) mass is 267 g/mol. The van der Waals surface area contributed by atoms with E-state index in [4.69, 9.17) is 4.98 Å². The molecule has 0 saturated heterocycles. The fraction of sp³-hybridized carbons (Fsp3) is 0.412. The Hall–Kier alpha value is -1.74. The molecule has 0 radical (unpaired) electrons. The molecule has 0 amide bonds. The smallest absolute Gasteiger partial charge is 0.159 e. The highest BCUT2D eigenvalue weighted by atomic mass is 15.1. The van der Waals surface area contributed by atoms with Crippen LogP contribution < -0.4 is 0 Å². The summed E-state index contributed by atoms with van der Waals surface area (Å²) in [6.07, 6.45) is 4.29. The molecule has 0 spiro atoms. The molecule has 20 heavy (non-hydrogen) atoms. The topological polar surface area (TPSA) is 29.0 Å². The van der Waals surface area contributed by atoms with Crippen LogP contribution in [-0.4, -0.2) is 28.0 Å². The van der Waals surface area contributed by atoms with E-state index in [1.807, 2.05) is 6.20 Å². The highest BCUT2D eigenvalue weighted by Crippen LogP contribution is 2.21. The zero-order chi connectivity index (χ0) is 13.9. The van der Waals surface area contributed by atoms with Gasteiger partial charge < -0.3 is 0 Å². The maximum Gasteiger partial charge on any atom is 0.159 e. The average molecular weight is 267 g/mol. The molecule has 0 fully saturated rings. The van der Waals surface area contributed by atoms with Crippen LogP contribution in [0.5, 0.6) is 0 Å². The van der Waals surface area contributed by atoms with Gasteiger partial charge in [0.25, 0.3) is 0 Å². The predicted molar refractivity (Wildman–Crippen MR) is 81.5 cm³/mol. The lowest BCUT2D eigenvalue weighted by Gasteiger charge is -2.27. The first kappa shape index (κ1) is 13.3. The van der Waals surface area contributed by atoms with Crippen LogP contribution in [0.4, 0.5) is 0 Å². The van der Waals surface area contributed by atoms with Crippen LogP contribution in [0.1, 0.15) is 30.2 Å². The van der Waals surface area contributed by atoms with E-state index >= 15 is 0 Å². The van der Waals surface area contributed by atoms with Gasteiger partial charge >= 0.3 is 0 Å². The largest absolute Gasteiger partial charge is 0.297 e. The Balaban J connectivity index is 1.88. The molecule has 3 rings (SSSR count). The molecule has 0 unspecified atom stereocenters. The summed E-state index contributed by atoms with van der Waals surface area (Å²) in [5, 5.41) is 0. The third kappa shape index (κ3) is 2.73. The molecule has 1 aliphatic rings.